The Kier molecular flexibility index (Phi) is 6.29. The van der Waals surface area contributed by atoms with Gasteiger partial charge in [0.25, 0.3) is 0 Å². The molecular formula is C21H29N3O6. The Balaban J connectivity index is 1.47. The van der Waals surface area contributed by atoms with Crippen LogP contribution in [0.1, 0.15) is 19.3 Å². The third-order valence-electron chi connectivity index (χ3n) is 5.85. The number of hydrogen-bond donors (Lipinski definition) is 1. The summed E-state index contributed by atoms with van der Waals surface area (Å²) < 4.78 is 21.9. The lowest BCUT2D eigenvalue weighted by molar-refractivity contribution is -0.136. The van der Waals surface area contributed by atoms with Crippen molar-refractivity contribution in [3.8, 4) is 11.5 Å². The second kappa shape index (κ2) is 9.09. The number of amides is 3. The fourth-order valence-electron chi connectivity index (χ4n) is 4.31. The molecule has 3 amide bonds. The highest BCUT2D eigenvalue weighted by Gasteiger charge is 2.46. The maximum atomic E-state index is 13.1. The minimum Gasteiger partial charge on any atom is -0.486 e. The van der Waals surface area contributed by atoms with Crippen molar-refractivity contribution in [1.82, 2.24) is 9.80 Å². The Labute approximate surface area is 176 Å². The predicted molar refractivity (Wildman–Crippen MR) is 109 cm³/mol. The van der Waals surface area contributed by atoms with Crippen LogP contribution in [0.15, 0.2) is 18.2 Å². The van der Waals surface area contributed by atoms with E-state index in [1.807, 2.05) is 4.90 Å². The zero-order chi connectivity index (χ0) is 21.0. The van der Waals surface area contributed by atoms with Gasteiger partial charge in [-0.15, -0.1) is 0 Å². The van der Waals surface area contributed by atoms with Crippen LogP contribution in [0.2, 0.25) is 0 Å². The van der Waals surface area contributed by atoms with Gasteiger partial charge in [-0.05, 0) is 25.0 Å². The molecule has 1 aromatic rings. The zero-order valence-electron chi connectivity index (χ0n) is 17.4. The molecule has 164 valence electrons. The van der Waals surface area contributed by atoms with E-state index in [9.17, 15) is 9.59 Å². The molecule has 0 aliphatic carbocycles. The van der Waals surface area contributed by atoms with Gasteiger partial charge in [-0.2, -0.15) is 0 Å². The molecule has 1 N–H and O–H groups in total. The monoisotopic (exact) mass is 419 g/mol. The number of nitrogens with one attached hydrogen (secondary N) is 1. The van der Waals surface area contributed by atoms with Crippen LogP contribution in [0.4, 0.5) is 10.5 Å². The molecule has 30 heavy (non-hydrogen) atoms. The second-order valence-corrected chi connectivity index (χ2v) is 7.88. The Bertz CT molecular complexity index is 780. The van der Waals surface area contributed by atoms with Gasteiger partial charge in [0.15, 0.2) is 11.5 Å². The fraction of sp³-hybridized carbons (Fsp3) is 0.619. The van der Waals surface area contributed by atoms with E-state index in [0.717, 1.165) is 12.8 Å². The van der Waals surface area contributed by atoms with Crippen molar-refractivity contribution in [2.45, 2.75) is 24.8 Å². The third kappa shape index (κ3) is 4.32. The average Bonchev–Trinajstić information content (AvgIpc) is 3.17. The second-order valence-electron chi connectivity index (χ2n) is 7.88. The van der Waals surface area contributed by atoms with Crippen molar-refractivity contribution >= 4 is 17.6 Å². The molecule has 1 aromatic carbocycles. The Morgan fingerprint density at radius 1 is 1.23 bits per heavy atom. The molecule has 1 unspecified atom stereocenters. The number of carbonyl (C=O) groups excluding carboxylic acids is 2. The maximum Gasteiger partial charge on any atom is 0.321 e. The summed E-state index contributed by atoms with van der Waals surface area (Å²) in [6.07, 6.45) is 1.77. The topological polar surface area (TPSA) is 89.6 Å². The quantitative estimate of drug-likeness (QED) is 0.731. The van der Waals surface area contributed by atoms with Crippen LogP contribution in [0.3, 0.4) is 0 Å². The molecule has 1 atom stereocenters. The largest absolute Gasteiger partial charge is 0.486 e. The van der Waals surface area contributed by atoms with Gasteiger partial charge in [0.05, 0.1) is 12.1 Å². The summed E-state index contributed by atoms with van der Waals surface area (Å²) in [6, 6.07) is 5.12. The van der Waals surface area contributed by atoms with E-state index >= 15 is 0 Å². The first kappa shape index (κ1) is 20.7. The van der Waals surface area contributed by atoms with Gasteiger partial charge in [-0.25, -0.2) is 4.79 Å². The Hall–Kier alpha value is -2.52. The lowest BCUT2D eigenvalue weighted by atomic mass is 9.95. The number of benzene rings is 1. The number of hydrogen-bond acceptors (Lipinski definition) is 6. The Morgan fingerprint density at radius 3 is 2.83 bits per heavy atom. The summed E-state index contributed by atoms with van der Waals surface area (Å²) >= 11 is 0. The molecule has 0 radical (unpaired) electrons. The van der Waals surface area contributed by atoms with Crippen LogP contribution in [0, 0.1) is 0 Å². The molecule has 2 saturated heterocycles. The summed E-state index contributed by atoms with van der Waals surface area (Å²) in [4.78, 5) is 29.6. The maximum absolute atomic E-state index is 13.1. The van der Waals surface area contributed by atoms with Gasteiger partial charge in [0.2, 0.25) is 5.91 Å². The van der Waals surface area contributed by atoms with E-state index in [4.69, 9.17) is 18.9 Å². The molecule has 4 rings (SSSR count). The molecule has 3 aliphatic rings. The summed E-state index contributed by atoms with van der Waals surface area (Å²) in [5.74, 6) is 1.36. The highest BCUT2D eigenvalue weighted by atomic mass is 16.6. The van der Waals surface area contributed by atoms with Crippen molar-refractivity contribution in [3.05, 3.63) is 18.2 Å². The highest BCUT2D eigenvalue weighted by Crippen LogP contribution is 2.34. The summed E-state index contributed by atoms with van der Waals surface area (Å²) in [7, 11) is 1.66. The van der Waals surface area contributed by atoms with Gasteiger partial charge in [-0.3, -0.25) is 4.79 Å². The summed E-state index contributed by atoms with van der Waals surface area (Å²) in [5.41, 5.74) is 0.152. The van der Waals surface area contributed by atoms with Crippen LogP contribution in [-0.2, 0) is 14.3 Å². The van der Waals surface area contributed by atoms with Crippen molar-refractivity contribution in [2.75, 3.05) is 65.1 Å². The normalized spacial score (nSPS) is 23.6. The van der Waals surface area contributed by atoms with E-state index < -0.39 is 5.54 Å². The van der Waals surface area contributed by atoms with Gasteiger partial charge in [-0.1, -0.05) is 0 Å². The number of rotatable bonds is 5. The summed E-state index contributed by atoms with van der Waals surface area (Å²) in [6.45, 7) is 4.05. The van der Waals surface area contributed by atoms with Crippen LogP contribution >= 0.6 is 0 Å². The molecule has 0 aromatic heterocycles. The first-order valence-corrected chi connectivity index (χ1v) is 10.4. The van der Waals surface area contributed by atoms with Crippen LogP contribution in [0.25, 0.3) is 0 Å². The van der Waals surface area contributed by atoms with Crippen LogP contribution in [-0.4, -0.2) is 87.1 Å². The number of methoxy groups -OCH3 is 1. The summed E-state index contributed by atoms with van der Waals surface area (Å²) in [5, 5.41) is 2.94. The van der Waals surface area contributed by atoms with Crippen molar-refractivity contribution in [2.24, 2.45) is 0 Å². The lowest BCUT2D eigenvalue weighted by Gasteiger charge is -2.40. The number of anilines is 1. The molecule has 3 aliphatic heterocycles. The smallest absolute Gasteiger partial charge is 0.321 e. The zero-order valence-corrected chi connectivity index (χ0v) is 17.4. The molecule has 0 bridgehead atoms. The Morgan fingerprint density at radius 2 is 2.07 bits per heavy atom. The minimum atomic E-state index is -0.481. The first-order chi connectivity index (χ1) is 14.6. The van der Waals surface area contributed by atoms with Gasteiger partial charge in [0.1, 0.15) is 13.2 Å². The van der Waals surface area contributed by atoms with Gasteiger partial charge in [0, 0.05) is 58.1 Å². The fourth-order valence-corrected chi connectivity index (χ4v) is 4.31. The van der Waals surface area contributed by atoms with E-state index in [-0.39, 0.29) is 11.9 Å². The number of nitrogens with zero attached hydrogens (tertiary/aromatic N) is 2. The average molecular weight is 419 g/mol. The van der Waals surface area contributed by atoms with E-state index in [2.05, 4.69) is 5.32 Å². The van der Waals surface area contributed by atoms with Crippen molar-refractivity contribution < 1.29 is 28.5 Å². The van der Waals surface area contributed by atoms with E-state index in [1.165, 1.54) is 0 Å². The molecule has 3 heterocycles. The predicted octanol–water partition coefficient (Wildman–Crippen LogP) is 1.72. The highest BCUT2D eigenvalue weighted by molar-refractivity contribution is 5.90. The molecule has 0 saturated carbocycles. The molecule has 9 heteroatoms. The minimum absolute atomic E-state index is 0.0613. The number of fused-ring (bicyclic) bond motifs is 1. The van der Waals surface area contributed by atoms with Gasteiger partial charge >= 0.3 is 6.03 Å². The van der Waals surface area contributed by atoms with Crippen molar-refractivity contribution in [1.29, 1.82) is 0 Å². The third-order valence-corrected chi connectivity index (χ3v) is 5.85. The first-order valence-electron chi connectivity index (χ1n) is 10.4. The van der Waals surface area contributed by atoms with Crippen molar-refractivity contribution in [3.63, 3.8) is 0 Å². The number of urea groups is 1. The molecule has 2 fully saturated rings. The molecule has 1 spiro atoms. The molecular weight excluding hydrogens is 390 g/mol. The number of carbonyl (C=O) groups is 2. The lowest BCUT2D eigenvalue weighted by Crippen LogP contribution is -2.57. The number of ether oxygens (including phenoxy) is 4. The van der Waals surface area contributed by atoms with Gasteiger partial charge < -0.3 is 34.1 Å². The van der Waals surface area contributed by atoms with Crippen LogP contribution in [0.5, 0.6) is 11.5 Å². The van der Waals surface area contributed by atoms with Crippen LogP contribution < -0.4 is 14.8 Å². The standard InChI is InChI=1S/C21H29N3O6/c1-27-9-2-7-24-19(25)5-8-23(14-21(24)6-10-28-15-21)20(26)22-16-3-4-17-18(13-16)30-12-11-29-17/h3-4,13H,2,5-12,14-15H2,1H3,(H,22,26). The van der Waals surface area contributed by atoms with E-state index in [1.54, 1.807) is 30.2 Å². The van der Waals surface area contributed by atoms with E-state index in [0.29, 0.717) is 76.3 Å². The molecule has 9 nitrogen and oxygen atoms in total. The SMILES string of the molecule is COCCCN1C(=O)CCN(C(=O)Nc2ccc3c(c2)OCCO3)CC12CCOC2.